The first-order chi connectivity index (χ1) is 8.06. The van der Waals surface area contributed by atoms with E-state index in [0.717, 1.165) is 38.6 Å². The van der Waals surface area contributed by atoms with Crippen LogP contribution < -0.4 is 5.73 Å². The number of carbonyl (C=O) groups excluding carboxylic acids is 1. The van der Waals surface area contributed by atoms with Crippen molar-refractivity contribution in [3.05, 3.63) is 0 Å². The molecule has 1 saturated heterocycles. The Morgan fingerprint density at radius 2 is 2.24 bits per heavy atom. The standard InChI is InChI=1S/C13H26N2O2/c1-10(2)9-12(14)13(17)15-7-3-5-11(15)6-4-8-16/h10-12,16H,3-9,14H2,1-2H3/t11?,12-/m1/s1. The number of nitrogens with zero attached hydrogens (tertiary/aromatic N) is 1. The molecule has 0 radical (unpaired) electrons. The van der Waals surface area contributed by atoms with Crippen LogP contribution in [0, 0.1) is 5.92 Å². The number of nitrogens with two attached hydrogens (primary N) is 1. The molecule has 0 aromatic carbocycles. The molecular weight excluding hydrogens is 216 g/mol. The van der Waals surface area contributed by atoms with Crippen molar-refractivity contribution in [2.45, 2.75) is 58.0 Å². The van der Waals surface area contributed by atoms with Gasteiger partial charge in [0.05, 0.1) is 6.04 Å². The summed E-state index contributed by atoms with van der Waals surface area (Å²) in [5.74, 6) is 0.548. The molecule has 2 atom stereocenters. The van der Waals surface area contributed by atoms with E-state index in [1.165, 1.54) is 0 Å². The highest BCUT2D eigenvalue weighted by Gasteiger charge is 2.31. The molecule has 1 aliphatic rings. The van der Waals surface area contributed by atoms with Crippen LogP contribution in [0.15, 0.2) is 0 Å². The highest BCUT2D eigenvalue weighted by molar-refractivity contribution is 5.82. The minimum Gasteiger partial charge on any atom is -0.396 e. The Morgan fingerprint density at radius 1 is 1.53 bits per heavy atom. The molecule has 1 amide bonds. The molecule has 3 N–H and O–H groups in total. The summed E-state index contributed by atoms with van der Waals surface area (Å²) in [7, 11) is 0. The van der Waals surface area contributed by atoms with Crippen LogP contribution in [-0.4, -0.2) is 41.1 Å². The molecule has 1 heterocycles. The number of rotatable bonds is 6. The minimum absolute atomic E-state index is 0.0964. The van der Waals surface area contributed by atoms with Gasteiger partial charge in [-0.2, -0.15) is 0 Å². The molecule has 4 nitrogen and oxygen atoms in total. The molecule has 0 aliphatic carbocycles. The van der Waals surface area contributed by atoms with Gasteiger partial charge in [0.1, 0.15) is 0 Å². The number of hydrogen-bond acceptors (Lipinski definition) is 3. The van der Waals surface area contributed by atoms with Gasteiger partial charge in [-0.15, -0.1) is 0 Å². The molecule has 0 bridgehead atoms. The van der Waals surface area contributed by atoms with Gasteiger partial charge in [-0.25, -0.2) is 0 Å². The number of hydrogen-bond donors (Lipinski definition) is 2. The zero-order valence-electron chi connectivity index (χ0n) is 11.1. The van der Waals surface area contributed by atoms with Crippen LogP contribution in [0.4, 0.5) is 0 Å². The van der Waals surface area contributed by atoms with E-state index in [-0.39, 0.29) is 18.6 Å². The Morgan fingerprint density at radius 3 is 2.82 bits per heavy atom. The quantitative estimate of drug-likeness (QED) is 0.733. The van der Waals surface area contributed by atoms with Gasteiger partial charge >= 0.3 is 0 Å². The van der Waals surface area contributed by atoms with Gasteiger partial charge in [0.25, 0.3) is 0 Å². The summed E-state index contributed by atoms with van der Waals surface area (Å²) in [6.07, 6.45) is 4.54. The summed E-state index contributed by atoms with van der Waals surface area (Å²) in [6, 6.07) is -0.0578. The third-order valence-corrected chi connectivity index (χ3v) is 3.40. The zero-order valence-corrected chi connectivity index (χ0v) is 11.1. The van der Waals surface area contributed by atoms with Crippen LogP contribution in [0.25, 0.3) is 0 Å². The summed E-state index contributed by atoms with van der Waals surface area (Å²) >= 11 is 0. The highest BCUT2D eigenvalue weighted by atomic mass is 16.3. The number of likely N-dealkylation sites (tertiary alicyclic amines) is 1. The maximum absolute atomic E-state index is 12.2. The second kappa shape index (κ2) is 6.97. The Kier molecular flexibility index (Phi) is 5.92. The van der Waals surface area contributed by atoms with E-state index in [4.69, 9.17) is 10.8 Å². The maximum atomic E-state index is 12.2. The van der Waals surface area contributed by atoms with Crippen molar-refractivity contribution < 1.29 is 9.90 Å². The van der Waals surface area contributed by atoms with E-state index in [1.807, 2.05) is 4.90 Å². The van der Waals surface area contributed by atoms with Crippen molar-refractivity contribution in [3.8, 4) is 0 Å². The zero-order chi connectivity index (χ0) is 12.8. The Bertz CT molecular complexity index is 244. The van der Waals surface area contributed by atoms with Crippen molar-refractivity contribution >= 4 is 5.91 Å². The summed E-state index contributed by atoms with van der Waals surface area (Å²) in [5, 5.41) is 8.85. The van der Waals surface area contributed by atoms with Crippen LogP contribution in [0.3, 0.4) is 0 Å². The van der Waals surface area contributed by atoms with Crippen molar-refractivity contribution in [1.82, 2.24) is 4.90 Å². The van der Waals surface area contributed by atoms with Crippen LogP contribution in [-0.2, 0) is 4.79 Å². The van der Waals surface area contributed by atoms with E-state index in [2.05, 4.69) is 13.8 Å². The monoisotopic (exact) mass is 242 g/mol. The first-order valence-electron chi connectivity index (χ1n) is 6.73. The van der Waals surface area contributed by atoms with E-state index >= 15 is 0 Å². The minimum atomic E-state index is -0.357. The van der Waals surface area contributed by atoms with Gasteiger partial charge in [0, 0.05) is 19.2 Å². The summed E-state index contributed by atoms with van der Waals surface area (Å²) < 4.78 is 0. The number of aliphatic hydroxyl groups is 1. The van der Waals surface area contributed by atoms with Gasteiger partial charge in [-0.05, 0) is 38.0 Å². The van der Waals surface area contributed by atoms with Gasteiger partial charge in [0.15, 0.2) is 0 Å². The second-order valence-corrected chi connectivity index (χ2v) is 5.43. The van der Waals surface area contributed by atoms with Crippen LogP contribution >= 0.6 is 0 Å². The van der Waals surface area contributed by atoms with Crippen molar-refractivity contribution in [1.29, 1.82) is 0 Å². The van der Waals surface area contributed by atoms with Crippen molar-refractivity contribution in [3.63, 3.8) is 0 Å². The Labute approximate surface area is 104 Å². The SMILES string of the molecule is CC(C)C[C@@H](N)C(=O)N1CCCC1CCCO. The fraction of sp³-hybridized carbons (Fsp3) is 0.923. The summed E-state index contributed by atoms with van der Waals surface area (Å²) in [6.45, 7) is 5.21. The fourth-order valence-corrected chi connectivity index (χ4v) is 2.57. The van der Waals surface area contributed by atoms with E-state index in [1.54, 1.807) is 0 Å². The molecule has 1 fully saturated rings. The second-order valence-electron chi connectivity index (χ2n) is 5.43. The summed E-state index contributed by atoms with van der Waals surface area (Å²) in [5.41, 5.74) is 5.95. The lowest BCUT2D eigenvalue weighted by molar-refractivity contribution is -0.133. The molecule has 1 aliphatic heterocycles. The van der Waals surface area contributed by atoms with Crippen LogP contribution in [0.5, 0.6) is 0 Å². The maximum Gasteiger partial charge on any atom is 0.239 e. The third kappa shape index (κ3) is 4.28. The first kappa shape index (κ1) is 14.5. The first-order valence-corrected chi connectivity index (χ1v) is 6.73. The molecule has 0 spiro atoms. The molecule has 100 valence electrons. The Hall–Kier alpha value is -0.610. The molecule has 0 aromatic heterocycles. The lowest BCUT2D eigenvalue weighted by Crippen LogP contribution is -2.46. The summed E-state index contributed by atoms with van der Waals surface area (Å²) in [4.78, 5) is 14.1. The average Bonchev–Trinajstić information content (AvgIpc) is 2.72. The third-order valence-electron chi connectivity index (χ3n) is 3.40. The molecule has 4 heteroatoms. The van der Waals surface area contributed by atoms with Crippen LogP contribution in [0.1, 0.15) is 46.0 Å². The van der Waals surface area contributed by atoms with E-state index in [0.29, 0.717) is 12.0 Å². The van der Waals surface area contributed by atoms with Gasteiger partial charge in [-0.1, -0.05) is 13.8 Å². The van der Waals surface area contributed by atoms with Gasteiger partial charge in [-0.3, -0.25) is 4.79 Å². The molecule has 17 heavy (non-hydrogen) atoms. The Balaban J connectivity index is 2.48. The normalized spacial score (nSPS) is 22.2. The molecular formula is C13H26N2O2. The number of carbonyl (C=O) groups is 1. The van der Waals surface area contributed by atoms with E-state index < -0.39 is 0 Å². The lowest BCUT2D eigenvalue weighted by Gasteiger charge is -2.28. The topological polar surface area (TPSA) is 66.6 Å². The van der Waals surface area contributed by atoms with Gasteiger partial charge < -0.3 is 15.7 Å². The molecule has 1 unspecified atom stereocenters. The highest BCUT2D eigenvalue weighted by Crippen LogP contribution is 2.22. The average molecular weight is 242 g/mol. The number of amides is 1. The largest absolute Gasteiger partial charge is 0.396 e. The number of aliphatic hydroxyl groups excluding tert-OH is 1. The fourth-order valence-electron chi connectivity index (χ4n) is 2.57. The predicted molar refractivity (Wildman–Crippen MR) is 68.5 cm³/mol. The smallest absolute Gasteiger partial charge is 0.239 e. The van der Waals surface area contributed by atoms with Crippen LogP contribution in [0.2, 0.25) is 0 Å². The van der Waals surface area contributed by atoms with Crippen molar-refractivity contribution in [2.24, 2.45) is 11.7 Å². The van der Waals surface area contributed by atoms with Gasteiger partial charge in [0.2, 0.25) is 5.91 Å². The molecule has 0 saturated carbocycles. The molecule has 0 aromatic rings. The predicted octanol–water partition coefficient (Wildman–Crippen LogP) is 1.12. The lowest BCUT2D eigenvalue weighted by atomic mass is 10.0. The molecule has 1 rings (SSSR count). The van der Waals surface area contributed by atoms with Crippen molar-refractivity contribution in [2.75, 3.05) is 13.2 Å². The van der Waals surface area contributed by atoms with E-state index in [9.17, 15) is 4.79 Å².